The maximum atomic E-state index is 12.2. The van der Waals surface area contributed by atoms with Crippen LogP contribution in [0.3, 0.4) is 0 Å². The Labute approximate surface area is 171 Å². The van der Waals surface area contributed by atoms with Crippen molar-refractivity contribution in [3.8, 4) is 0 Å². The van der Waals surface area contributed by atoms with Gasteiger partial charge >= 0.3 is 0 Å². The number of H-pyrrole nitrogens is 1. The highest BCUT2D eigenvalue weighted by molar-refractivity contribution is 5.76. The van der Waals surface area contributed by atoms with Crippen molar-refractivity contribution in [1.82, 2.24) is 35.3 Å². The fourth-order valence-electron chi connectivity index (χ4n) is 3.78. The van der Waals surface area contributed by atoms with E-state index in [1.807, 2.05) is 24.0 Å². The van der Waals surface area contributed by atoms with E-state index < -0.39 is 0 Å². The van der Waals surface area contributed by atoms with Gasteiger partial charge in [-0.05, 0) is 32.4 Å². The molecule has 0 aliphatic carbocycles. The molecule has 2 atom stereocenters. The number of aromatic amines is 1. The molecule has 1 aliphatic rings. The number of aryl methyl sites for hydroxylation is 1. The Kier molecular flexibility index (Phi) is 7.80. The van der Waals surface area contributed by atoms with E-state index >= 15 is 0 Å². The first-order valence-corrected chi connectivity index (χ1v) is 10.3. The molecule has 0 radical (unpaired) electrons. The summed E-state index contributed by atoms with van der Waals surface area (Å²) >= 11 is 0. The summed E-state index contributed by atoms with van der Waals surface area (Å²) in [5.41, 5.74) is 1.02. The van der Waals surface area contributed by atoms with Crippen molar-refractivity contribution in [2.75, 3.05) is 20.1 Å². The quantitative estimate of drug-likeness (QED) is 0.514. The summed E-state index contributed by atoms with van der Waals surface area (Å²) in [6, 6.07) is 2.39. The smallest absolute Gasteiger partial charge is 0.221 e. The SMILES string of the molecule is CN1[C@@H](CC(=O)NCCc2cnc[nH]2)CC[C@H]1CNC(=O)CCCn1cccn1. The van der Waals surface area contributed by atoms with Crippen LogP contribution in [-0.2, 0) is 22.6 Å². The minimum Gasteiger partial charge on any atom is -0.356 e. The molecule has 0 saturated carbocycles. The van der Waals surface area contributed by atoms with Gasteiger partial charge < -0.3 is 15.6 Å². The van der Waals surface area contributed by atoms with Crippen molar-refractivity contribution in [3.05, 3.63) is 36.7 Å². The highest BCUT2D eigenvalue weighted by atomic mass is 16.2. The first-order valence-electron chi connectivity index (χ1n) is 10.3. The van der Waals surface area contributed by atoms with Crippen LogP contribution in [0.5, 0.6) is 0 Å². The van der Waals surface area contributed by atoms with Crippen LogP contribution in [0.4, 0.5) is 0 Å². The molecular weight excluding hydrogens is 370 g/mol. The van der Waals surface area contributed by atoms with Gasteiger partial charge in [0.15, 0.2) is 0 Å². The predicted molar refractivity (Wildman–Crippen MR) is 109 cm³/mol. The molecule has 1 saturated heterocycles. The maximum absolute atomic E-state index is 12.2. The zero-order valence-electron chi connectivity index (χ0n) is 17.0. The number of imidazole rings is 1. The fourth-order valence-corrected chi connectivity index (χ4v) is 3.78. The topological polar surface area (TPSA) is 108 Å². The summed E-state index contributed by atoms with van der Waals surface area (Å²) in [6.45, 7) is 1.99. The minimum absolute atomic E-state index is 0.0738. The van der Waals surface area contributed by atoms with Gasteiger partial charge in [-0.1, -0.05) is 0 Å². The van der Waals surface area contributed by atoms with Crippen molar-refractivity contribution in [2.24, 2.45) is 0 Å². The average Bonchev–Trinajstić information content (AvgIpc) is 3.45. The molecular formula is C20H31N7O2. The van der Waals surface area contributed by atoms with Gasteiger partial charge in [-0.15, -0.1) is 0 Å². The lowest BCUT2D eigenvalue weighted by atomic mass is 10.1. The van der Waals surface area contributed by atoms with E-state index in [-0.39, 0.29) is 23.9 Å². The van der Waals surface area contributed by atoms with E-state index in [1.165, 1.54) is 0 Å². The third kappa shape index (κ3) is 6.70. The van der Waals surface area contributed by atoms with Crippen LogP contribution in [-0.4, -0.2) is 68.7 Å². The Balaban J connectivity index is 1.28. The highest BCUT2D eigenvalue weighted by Gasteiger charge is 2.31. The molecule has 9 heteroatoms. The van der Waals surface area contributed by atoms with Gasteiger partial charge in [0.1, 0.15) is 0 Å². The van der Waals surface area contributed by atoms with Gasteiger partial charge in [-0.3, -0.25) is 19.2 Å². The normalized spacial score (nSPS) is 19.3. The second-order valence-electron chi connectivity index (χ2n) is 7.61. The molecule has 3 N–H and O–H groups in total. The van der Waals surface area contributed by atoms with Crippen molar-refractivity contribution in [2.45, 2.75) is 57.2 Å². The molecule has 1 fully saturated rings. The number of hydrogen-bond donors (Lipinski definition) is 3. The summed E-state index contributed by atoms with van der Waals surface area (Å²) in [4.78, 5) is 33.5. The van der Waals surface area contributed by atoms with Gasteiger partial charge in [0.25, 0.3) is 0 Å². The summed E-state index contributed by atoms with van der Waals surface area (Å²) in [5, 5.41) is 10.2. The monoisotopic (exact) mass is 401 g/mol. The Bertz CT molecular complexity index is 745. The molecule has 0 bridgehead atoms. The Morgan fingerprint density at radius 2 is 2.10 bits per heavy atom. The van der Waals surface area contributed by atoms with Gasteiger partial charge in [0, 0.05) is 75.3 Å². The Morgan fingerprint density at radius 1 is 1.24 bits per heavy atom. The van der Waals surface area contributed by atoms with Gasteiger partial charge in [0.05, 0.1) is 6.33 Å². The number of carbonyl (C=O) groups excluding carboxylic acids is 2. The Hall–Kier alpha value is -2.68. The second-order valence-corrected chi connectivity index (χ2v) is 7.61. The van der Waals surface area contributed by atoms with Crippen LogP contribution in [0.2, 0.25) is 0 Å². The van der Waals surface area contributed by atoms with E-state index in [0.717, 1.165) is 37.9 Å². The number of hydrogen-bond acceptors (Lipinski definition) is 5. The van der Waals surface area contributed by atoms with E-state index in [4.69, 9.17) is 0 Å². The van der Waals surface area contributed by atoms with Crippen molar-refractivity contribution in [3.63, 3.8) is 0 Å². The largest absolute Gasteiger partial charge is 0.356 e. The van der Waals surface area contributed by atoms with Gasteiger partial charge in [0.2, 0.25) is 11.8 Å². The molecule has 9 nitrogen and oxygen atoms in total. The number of nitrogens with zero attached hydrogens (tertiary/aromatic N) is 4. The van der Waals surface area contributed by atoms with Crippen molar-refractivity contribution in [1.29, 1.82) is 0 Å². The van der Waals surface area contributed by atoms with Crippen LogP contribution in [0.25, 0.3) is 0 Å². The highest BCUT2D eigenvalue weighted by Crippen LogP contribution is 2.24. The number of likely N-dealkylation sites (tertiary alicyclic amines) is 1. The number of amides is 2. The number of likely N-dealkylation sites (N-methyl/N-ethyl adjacent to an activating group) is 1. The third-order valence-corrected chi connectivity index (χ3v) is 5.56. The van der Waals surface area contributed by atoms with Crippen LogP contribution in [0.1, 0.15) is 37.8 Å². The van der Waals surface area contributed by atoms with Crippen LogP contribution in [0, 0.1) is 0 Å². The molecule has 3 rings (SSSR count). The average molecular weight is 402 g/mol. The molecule has 0 unspecified atom stereocenters. The van der Waals surface area contributed by atoms with Gasteiger partial charge in [-0.2, -0.15) is 5.10 Å². The lowest BCUT2D eigenvalue weighted by Gasteiger charge is -2.25. The number of nitrogens with one attached hydrogen (secondary N) is 3. The van der Waals surface area contributed by atoms with Crippen LogP contribution < -0.4 is 10.6 Å². The number of aromatic nitrogens is 4. The lowest BCUT2D eigenvalue weighted by molar-refractivity contribution is -0.123. The third-order valence-electron chi connectivity index (χ3n) is 5.56. The van der Waals surface area contributed by atoms with E-state index in [9.17, 15) is 9.59 Å². The predicted octanol–water partition coefficient (Wildman–Crippen LogP) is 0.714. The molecule has 2 aromatic rings. The summed E-state index contributed by atoms with van der Waals surface area (Å²) < 4.78 is 1.84. The number of rotatable bonds is 11. The Morgan fingerprint density at radius 3 is 2.86 bits per heavy atom. The van der Waals surface area contributed by atoms with E-state index in [0.29, 0.717) is 25.9 Å². The summed E-state index contributed by atoms with van der Waals surface area (Å²) in [7, 11) is 2.05. The second kappa shape index (κ2) is 10.8. The lowest BCUT2D eigenvalue weighted by Crippen LogP contribution is -2.42. The minimum atomic E-state index is 0.0738. The van der Waals surface area contributed by atoms with Gasteiger partial charge in [-0.25, -0.2) is 4.98 Å². The molecule has 29 heavy (non-hydrogen) atoms. The molecule has 0 aromatic carbocycles. The molecule has 3 heterocycles. The molecule has 2 amide bonds. The zero-order chi connectivity index (χ0) is 20.5. The van der Waals surface area contributed by atoms with Crippen LogP contribution in [0.15, 0.2) is 31.0 Å². The molecule has 2 aromatic heterocycles. The fraction of sp³-hybridized carbons (Fsp3) is 0.600. The van der Waals surface area contributed by atoms with Crippen LogP contribution >= 0.6 is 0 Å². The van der Waals surface area contributed by atoms with Crippen molar-refractivity contribution < 1.29 is 9.59 Å². The maximum Gasteiger partial charge on any atom is 0.221 e. The molecule has 158 valence electrons. The molecule has 1 aliphatic heterocycles. The zero-order valence-corrected chi connectivity index (χ0v) is 17.0. The van der Waals surface area contributed by atoms with E-state index in [1.54, 1.807) is 18.7 Å². The first kappa shape index (κ1) is 21.0. The first-order chi connectivity index (χ1) is 14.1. The summed E-state index contributed by atoms with van der Waals surface area (Å²) in [6.07, 6.45) is 11.5. The summed E-state index contributed by atoms with van der Waals surface area (Å²) in [5.74, 6) is 0.148. The number of carbonyl (C=O) groups is 2. The van der Waals surface area contributed by atoms with Crippen molar-refractivity contribution >= 4 is 11.8 Å². The standard InChI is InChI=1S/C20H31N7O2/c1-26-17(12-20(29)22-9-7-16-13-21-15-24-16)5-6-18(26)14-23-19(28)4-2-10-27-11-3-8-25-27/h3,8,11,13,15,17-18H,2,4-7,9-10,12,14H2,1H3,(H,21,24)(H,22,29)(H,23,28)/t17-,18+/m1/s1. The molecule has 0 spiro atoms. The van der Waals surface area contributed by atoms with E-state index in [2.05, 4.69) is 30.6 Å².